The van der Waals surface area contributed by atoms with E-state index in [4.69, 9.17) is 9.47 Å². The number of para-hydroxylation sites is 1. The van der Waals surface area contributed by atoms with Gasteiger partial charge in [-0.2, -0.15) is 0 Å². The molecule has 0 bridgehead atoms. The fourth-order valence-electron chi connectivity index (χ4n) is 2.65. The second-order valence-corrected chi connectivity index (χ2v) is 5.80. The summed E-state index contributed by atoms with van der Waals surface area (Å²) in [4.78, 5) is 14.2. The molecular formula is C17H25FN2O3. The van der Waals surface area contributed by atoms with Gasteiger partial charge in [-0.3, -0.25) is 4.79 Å². The van der Waals surface area contributed by atoms with E-state index in [0.717, 1.165) is 39.1 Å². The molecule has 1 aromatic rings. The monoisotopic (exact) mass is 324 g/mol. The van der Waals surface area contributed by atoms with Crippen LogP contribution >= 0.6 is 0 Å². The van der Waals surface area contributed by atoms with Gasteiger partial charge in [-0.25, -0.2) is 4.39 Å². The maximum Gasteiger partial charge on any atom is 0.257 e. The normalized spacial score (nSPS) is 16.3. The third kappa shape index (κ3) is 6.15. The van der Waals surface area contributed by atoms with E-state index in [0.29, 0.717) is 12.5 Å². The summed E-state index contributed by atoms with van der Waals surface area (Å²) < 4.78 is 23.6. The van der Waals surface area contributed by atoms with Gasteiger partial charge in [0.1, 0.15) is 0 Å². The van der Waals surface area contributed by atoms with Crippen molar-refractivity contribution >= 4 is 5.91 Å². The van der Waals surface area contributed by atoms with E-state index in [1.807, 2.05) is 0 Å². The predicted octanol–water partition coefficient (Wildman–Crippen LogP) is 1.68. The number of nitrogens with one attached hydrogen (secondary N) is 1. The van der Waals surface area contributed by atoms with Crippen LogP contribution in [0.15, 0.2) is 24.3 Å². The van der Waals surface area contributed by atoms with E-state index in [1.54, 1.807) is 19.2 Å². The number of nitrogens with zero attached hydrogens (tertiary/aromatic N) is 1. The van der Waals surface area contributed by atoms with Crippen molar-refractivity contribution in [3.8, 4) is 5.75 Å². The summed E-state index contributed by atoms with van der Waals surface area (Å²) in [6, 6.07) is 6.08. The van der Waals surface area contributed by atoms with E-state index in [1.165, 1.54) is 12.1 Å². The molecule has 1 aliphatic heterocycles. The Balaban J connectivity index is 1.61. The first kappa shape index (κ1) is 17.7. The van der Waals surface area contributed by atoms with Gasteiger partial charge in [0.2, 0.25) is 0 Å². The molecule has 128 valence electrons. The Morgan fingerprint density at radius 3 is 2.78 bits per heavy atom. The molecule has 1 aromatic carbocycles. The molecule has 2 rings (SSSR count). The minimum absolute atomic E-state index is 0.106. The number of carbonyl (C=O) groups is 1. The first-order chi connectivity index (χ1) is 11.2. The van der Waals surface area contributed by atoms with E-state index < -0.39 is 5.82 Å². The Morgan fingerprint density at radius 2 is 2.09 bits per heavy atom. The summed E-state index contributed by atoms with van der Waals surface area (Å²) in [7, 11) is 1.71. The lowest BCUT2D eigenvalue weighted by Gasteiger charge is -2.31. The van der Waals surface area contributed by atoms with E-state index in [9.17, 15) is 9.18 Å². The summed E-state index contributed by atoms with van der Waals surface area (Å²) in [5, 5.41) is 2.87. The lowest BCUT2D eigenvalue weighted by molar-refractivity contribution is -0.123. The Labute approximate surface area is 136 Å². The van der Waals surface area contributed by atoms with Gasteiger partial charge >= 0.3 is 0 Å². The minimum atomic E-state index is -0.455. The topological polar surface area (TPSA) is 50.8 Å². The molecule has 1 aliphatic rings. The lowest BCUT2D eigenvalue weighted by Crippen LogP contribution is -2.40. The Kier molecular flexibility index (Phi) is 7.29. The van der Waals surface area contributed by atoms with Gasteiger partial charge in [-0.1, -0.05) is 12.1 Å². The first-order valence-corrected chi connectivity index (χ1v) is 8.04. The highest BCUT2D eigenvalue weighted by Gasteiger charge is 2.19. The van der Waals surface area contributed by atoms with Crippen molar-refractivity contribution in [3.05, 3.63) is 30.1 Å². The van der Waals surface area contributed by atoms with Crippen molar-refractivity contribution in [2.24, 2.45) is 5.92 Å². The molecule has 0 atom stereocenters. The molecule has 1 amide bonds. The van der Waals surface area contributed by atoms with Crippen LogP contribution in [0, 0.1) is 11.7 Å². The summed E-state index contributed by atoms with van der Waals surface area (Å²) in [6.45, 7) is 4.29. The summed E-state index contributed by atoms with van der Waals surface area (Å²) >= 11 is 0. The van der Waals surface area contributed by atoms with E-state index >= 15 is 0 Å². The van der Waals surface area contributed by atoms with E-state index in [-0.39, 0.29) is 18.3 Å². The number of piperidine rings is 1. The van der Waals surface area contributed by atoms with Gasteiger partial charge in [0.25, 0.3) is 5.91 Å². The van der Waals surface area contributed by atoms with Crippen LogP contribution in [0.5, 0.6) is 5.75 Å². The fourth-order valence-corrected chi connectivity index (χ4v) is 2.65. The van der Waals surface area contributed by atoms with E-state index in [2.05, 4.69) is 10.2 Å². The number of hydrogen-bond donors (Lipinski definition) is 1. The van der Waals surface area contributed by atoms with Crippen LogP contribution in [-0.4, -0.2) is 57.3 Å². The molecule has 6 heteroatoms. The smallest absolute Gasteiger partial charge is 0.257 e. The highest BCUT2D eigenvalue weighted by atomic mass is 19.1. The summed E-state index contributed by atoms with van der Waals surface area (Å²) in [5.41, 5.74) is 0. The number of benzene rings is 1. The number of likely N-dealkylation sites (tertiary alicyclic amines) is 1. The molecule has 0 unspecified atom stereocenters. The van der Waals surface area contributed by atoms with Crippen LogP contribution in [0.4, 0.5) is 4.39 Å². The van der Waals surface area contributed by atoms with Crippen LogP contribution in [0.3, 0.4) is 0 Å². The molecule has 0 radical (unpaired) electrons. The van der Waals surface area contributed by atoms with Crippen molar-refractivity contribution in [2.45, 2.75) is 12.8 Å². The van der Waals surface area contributed by atoms with Crippen LogP contribution < -0.4 is 10.1 Å². The number of amides is 1. The summed E-state index contributed by atoms with van der Waals surface area (Å²) in [6.07, 6.45) is 2.14. The Morgan fingerprint density at radius 1 is 1.35 bits per heavy atom. The zero-order valence-corrected chi connectivity index (χ0v) is 13.6. The second-order valence-electron chi connectivity index (χ2n) is 5.80. The molecular weight excluding hydrogens is 299 g/mol. The van der Waals surface area contributed by atoms with Crippen LogP contribution in [0.2, 0.25) is 0 Å². The van der Waals surface area contributed by atoms with Crippen LogP contribution in [0.1, 0.15) is 12.8 Å². The number of halogens is 1. The standard InChI is InChI=1S/C17H25FN2O3/c1-22-11-10-20-8-6-14(7-9-20)12-19-17(21)13-23-16-5-3-2-4-15(16)18/h2-5,14H,6-13H2,1H3,(H,19,21). The zero-order valence-electron chi connectivity index (χ0n) is 13.6. The van der Waals surface area contributed by atoms with Gasteiger partial charge in [-0.05, 0) is 44.0 Å². The van der Waals surface area contributed by atoms with Gasteiger partial charge in [0, 0.05) is 20.2 Å². The third-order valence-corrected chi connectivity index (χ3v) is 4.10. The first-order valence-electron chi connectivity index (χ1n) is 8.04. The molecule has 5 nitrogen and oxygen atoms in total. The number of hydrogen-bond acceptors (Lipinski definition) is 4. The molecule has 1 saturated heterocycles. The third-order valence-electron chi connectivity index (χ3n) is 4.10. The SMILES string of the molecule is COCCN1CCC(CNC(=O)COc2ccccc2F)CC1. The number of rotatable bonds is 8. The zero-order chi connectivity index (χ0) is 16.5. The van der Waals surface area contributed by atoms with Gasteiger partial charge in [-0.15, -0.1) is 0 Å². The highest BCUT2D eigenvalue weighted by molar-refractivity contribution is 5.77. The molecule has 1 fully saturated rings. The largest absolute Gasteiger partial charge is 0.481 e. The van der Waals surface area contributed by atoms with Crippen molar-refractivity contribution in [1.29, 1.82) is 0 Å². The van der Waals surface area contributed by atoms with Crippen molar-refractivity contribution in [1.82, 2.24) is 10.2 Å². The molecule has 1 N–H and O–H groups in total. The Bertz CT molecular complexity index is 490. The second kappa shape index (κ2) is 9.47. The fraction of sp³-hybridized carbons (Fsp3) is 0.588. The maximum absolute atomic E-state index is 13.4. The van der Waals surface area contributed by atoms with Crippen LogP contribution in [-0.2, 0) is 9.53 Å². The van der Waals surface area contributed by atoms with Crippen LogP contribution in [0.25, 0.3) is 0 Å². The van der Waals surface area contributed by atoms with Gasteiger partial charge < -0.3 is 19.7 Å². The number of methoxy groups -OCH3 is 1. The number of carbonyl (C=O) groups excluding carboxylic acids is 1. The lowest BCUT2D eigenvalue weighted by atomic mass is 9.97. The van der Waals surface area contributed by atoms with Crippen molar-refractivity contribution in [2.75, 3.05) is 46.5 Å². The molecule has 23 heavy (non-hydrogen) atoms. The van der Waals surface area contributed by atoms with Gasteiger partial charge in [0.05, 0.1) is 6.61 Å². The van der Waals surface area contributed by atoms with Crippen molar-refractivity contribution in [3.63, 3.8) is 0 Å². The predicted molar refractivity (Wildman–Crippen MR) is 85.9 cm³/mol. The average molecular weight is 324 g/mol. The molecule has 0 aliphatic carbocycles. The molecule has 1 heterocycles. The Hall–Kier alpha value is -1.66. The number of ether oxygens (including phenoxy) is 2. The minimum Gasteiger partial charge on any atom is -0.481 e. The summed E-state index contributed by atoms with van der Waals surface area (Å²) in [5.74, 6) is -0.0703. The molecule has 0 aromatic heterocycles. The quantitative estimate of drug-likeness (QED) is 0.790. The highest BCUT2D eigenvalue weighted by Crippen LogP contribution is 2.16. The maximum atomic E-state index is 13.4. The molecule has 0 saturated carbocycles. The average Bonchev–Trinajstić information content (AvgIpc) is 2.58. The molecule has 0 spiro atoms. The van der Waals surface area contributed by atoms with Crippen molar-refractivity contribution < 1.29 is 18.7 Å². The van der Waals surface area contributed by atoms with Gasteiger partial charge in [0.15, 0.2) is 18.2 Å².